The molecule has 1 fully saturated rings. The molecule has 1 unspecified atom stereocenters. The van der Waals surface area contributed by atoms with Crippen LogP contribution >= 0.6 is 22.9 Å². The molecule has 3 aromatic rings. The lowest BCUT2D eigenvalue weighted by molar-refractivity contribution is 0.0917. The normalized spacial score (nSPS) is 16.2. The summed E-state index contributed by atoms with van der Waals surface area (Å²) in [5, 5.41) is 1.26. The van der Waals surface area contributed by atoms with E-state index in [1.54, 1.807) is 43.4 Å². The molecule has 8 heteroatoms. The number of nitrogens with zero attached hydrogens (tertiary/aromatic N) is 2. The van der Waals surface area contributed by atoms with Gasteiger partial charge in [0.1, 0.15) is 11.5 Å². The SMILES string of the molecule is COc1cc(OC)cc(C(=O)N(CC2CCCO2)c2nc3ccc(Cl)cc3s2)c1. The maximum atomic E-state index is 13.5. The molecule has 1 aliphatic heterocycles. The van der Waals surface area contributed by atoms with Gasteiger partial charge in [-0.1, -0.05) is 22.9 Å². The molecule has 0 radical (unpaired) electrons. The highest BCUT2D eigenvalue weighted by molar-refractivity contribution is 7.22. The lowest BCUT2D eigenvalue weighted by atomic mass is 10.1. The van der Waals surface area contributed by atoms with Crippen LogP contribution in [0.2, 0.25) is 5.02 Å². The summed E-state index contributed by atoms with van der Waals surface area (Å²) in [6.07, 6.45) is 1.90. The molecule has 1 aliphatic rings. The molecule has 2 heterocycles. The summed E-state index contributed by atoms with van der Waals surface area (Å²) < 4.78 is 17.4. The van der Waals surface area contributed by atoms with Gasteiger partial charge in [-0.05, 0) is 43.2 Å². The van der Waals surface area contributed by atoms with Gasteiger partial charge in [-0.15, -0.1) is 0 Å². The number of ether oxygens (including phenoxy) is 3. The summed E-state index contributed by atoms with van der Waals surface area (Å²) in [6.45, 7) is 1.15. The molecule has 0 spiro atoms. The quantitative estimate of drug-likeness (QED) is 0.560. The van der Waals surface area contributed by atoms with E-state index in [2.05, 4.69) is 4.98 Å². The van der Waals surface area contributed by atoms with Crippen molar-refractivity contribution in [1.29, 1.82) is 0 Å². The minimum atomic E-state index is -0.178. The van der Waals surface area contributed by atoms with Crippen molar-refractivity contribution < 1.29 is 19.0 Å². The topological polar surface area (TPSA) is 60.9 Å². The molecule has 0 bridgehead atoms. The second-order valence-electron chi connectivity index (χ2n) is 6.76. The standard InChI is InChI=1S/C21H21ClN2O4S/c1-26-16-8-13(9-17(11-16)27-2)20(25)24(12-15-4-3-7-28-15)21-23-18-6-5-14(22)10-19(18)29-21/h5-6,8-11,15H,3-4,7,12H2,1-2H3. The van der Waals surface area contributed by atoms with Gasteiger partial charge in [0.2, 0.25) is 0 Å². The molecular weight excluding hydrogens is 412 g/mol. The van der Waals surface area contributed by atoms with Crippen molar-refractivity contribution in [1.82, 2.24) is 4.98 Å². The molecule has 1 saturated heterocycles. The van der Waals surface area contributed by atoms with Gasteiger partial charge in [-0.3, -0.25) is 9.69 Å². The third-order valence-electron chi connectivity index (χ3n) is 4.82. The number of hydrogen-bond donors (Lipinski definition) is 0. The molecular formula is C21H21ClN2O4S. The molecule has 1 aromatic heterocycles. The minimum Gasteiger partial charge on any atom is -0.497 e. The van der Waals surface area contributed by atoms with Crippen LogP contribution < -0.4 is 14.4 Å². The fraction of sp³-hybridized carbons (Fsp3) is 0.333. The Morgan fingerprint density at radius 3 is 2.66 bits per heavy atom. The number of aromatic nitrogens is 1. The Morgan fingerprint density at radius 2 is 2.00 bits per heavy atom. The zero-order valence-electron chi connectivity index (χ0n) is 16.2. The molecule has 2 aromatic carbocycles. The van der Waals surface area contributed by atoms with E-state index in [4.69, 9.17) is 25.8 Å². The van der Waals surface area contributed by atoms with E-state index in [1.165, 1.54) is 11.3 Å². The fourth-order valence-electron chi connectivity index (χ4n) is 3.33. The average Bonchev–Trinajstić information content (AvgIpc) is 3.40. The van der Waals surface area contributed by atoms with Gasteiger partial charge >= 0.3 is 0 Å². The van der Waals surface area contributed by atoms with Crippen molar-refractivity contribution in [3.8, 4) is 11.5 Å². The molecule has 1 atom stereocenters. The Morgan fingerprint density at radius 1 is 1.24 bits per heavy atom. The van der Waals surface area contributed by atoms with Gasteiger partial charge < -0.3 is 14.2 Å². The van der Waals surface area contributed by atoms with Crippen molar-refractivity contribution in [2.75, 3.05) is 32.3 Å². The van der Waals surface area contributed by atoms with E-state index in [0.717, 1.165) is 29.7 Å². The summed E-state index contributed by atoms with van der Waals surface area (Å²) in [5.41, 5.74) is 1.28. The van der Waals surface area contributed by atoms with Crippen LogP contribution in [-0.2, 0) is 4.74 Å². The first-order valence-electron chi connectivity index (χ1n) is 9.30. The van der Waals surface area contributed by atoms with Crippen LogP contribution in [-0.4, -0.2) is 44.4 Å². The number of halogens is 1. The molecule has 1 amide bonds. The second kappa shape index (κ2) is 8.57. The highest BCUT2D eigenvalue weighted by Gasteiger charge is 2.27. The van der Waals surface area contributed by atoms with Gasteiger partial charge in [0, 0.05) is 23.3 Å². The van der Waals surface area contributed by atoms with Gasteiger partial charge in [0.15, 0.2) is 5.13 Å². The number of carbonyl (C=O) groups is 1. The van der Waals surface area contributed by atoms with Gasteiger partial charge in [0.05, 0.1) is 37.1 Å². The number of thiazole rings is 1. The van der Waals surface area contributed by atoms with Crippen molar-refractivity contribution in [3.05, 3.63) is 47.0 Å². The minimum absolute atomic E-state index is 0.0120. The van der Waals surface area contributed by atoms with Crippen molar-refractivity contribution in [2.24, 2.45) is 0 Å². The van der Waals surface area contributed by atoms with Crippen LogP contribution in [0, 0.1) is 0 Å². The summed E-state index contributed by atoms with van der Waals surface area (Å²) >= 11 is 7.56. The molecule has 152 valence electrons. The zero-order chi connectivity index (χ0) is 20.4. The molecule has 0 N–H and O–H groups in total. The van der Waals surface area contributed by atoms with Crippen molar-refractivity contribution in [2.45, 2.75) is 18.9 Å². The largest absolute Gasteiger partial charge is 0.497 e. The van der Waals surface area contributed by atoms with Crippen molar-refractivity contribution >= 4 is 44.2 Å². The van der Waals surface area contributed by atoms with Crippen molar-refractivity contribution in [3.63, 3.8) is 0 Å². The number of rotatable bonds is 6. The van der Waals surface area contributed by atoms with Crippen LogP contribution in [0.25, 0.3) is 10.2 Å². The molecule has 29 heavy (non-hydrogen) atoms. The van der Waals surface area contributed by atoms with Gasteiger partial charge in [-0.2, -0.15) is 0 Å². The Labute approximate surface area is 178 Å². The molecule has 0 aliphatic carbocycles. The van der Waals surface area contributed by atoms with Gasteiger partial charge in [0.25, 0.3) is 5.91 Å². The Kier molecular flexibility index (Phi) is 5.89. The van der Waals surface area contributed by atoms with Crippen LogP contribution in [0.5, 0.6) is 11.5 Å². The predicted molar refractivity (Wildman–Crippen MR) is 115 cm³/mol. The first-order chi connectivity index (χ1) is 14.1. The first-order valence-corrected chi connectivity index (χ1v) is 10.5. The number of carbonyl (C=O) groups excluding carboxylic acids is 1. The Balaban J connectivity index is 1.74. The number of amides is 1. The second-order valence-corrected chi connectivity index (χ2v) is 8.21. The number of fused-ring (bicyclic) bond motifs is 1. The molecule has 0 saturated carbocycles. The van der Waals surface area contributed by atoms with Gasteiger partial charge in [-0.25, -0.2) is 4.98 Å². The fourth-order valence-corrected chi connectivity index (χ4v) is 4.58. The van der Waals surface area contributed by atoms with Crippen LogP contribution in [0.4, 0.5) is 5.13 Å². The third-order valence-corrected chi connectivity index (χ3v) is 6.10. The highest BCUT2D eigenvalue weighted by atomic mass is 35.5. The maximum Gasteiger partial charge on any atom is 0.260 e. The van der Waals surface area contributed by atoms with Crippen LogP contribution in [0.1, 0.15) is 23.2 Å². The van der Waals surface area contributed by atoms with E-state index in [0.29, 0.717) is 33.8 Å². The smallest absolute Gasteiger partial charge is 0.260 e. The van der Waals surface area contributed by atoms with E-state index in [1.807, 2.05) is 12.1 Å². The lowest BCUT2D eigenvalue weighted by Gasteiger charge is -2.23. The predicted octanol–water partition coefficient (Wildman–Crippen LogP) is 4.79. The number of methoxy groups -OCH3 is 2. The molecule has 6 nitrogen and oxygen atoms in total. The van der Waals surface area contributed by atoms with Crippen LogP contribution in [0.3, 0.4) is 0 Å². The summed E-state index contributed by atoms with van der Waals surface area (Å²) in [4.78, 5) is 19.9. The van der Waals surface area contributed by atoms with E-state index < -0.39 is 0 Å². The maximum absolute atomic E-state index is 13.5. The highest BCUT2D eigenvalue weighted by Crippen LogP contribution is 2.33. The number of benzene rings is 2. The van der Waals surface area contributed by atoms with E-state index in [-0.39, 0.29) is 12.0 Å². The summed E-state index contributed by atoms with van der Waals surface area (Å²) in [6, 6.07) is 10.7. The third kappa shape index (κ3) is 4.32. The van der Waals surface area contributed by atoms with E-state index >= 15 is 0 Å². The summed E-state index contributed by atoms with van der Waals surface area (Å²) in [5.74, 6) is 0.935. The Bertz CT molecular complexity index is 1010. The number of anilines is 1. The Hall–Kier alpha value is -2.35. The summed E-state index contributed by atoms with van der Waals surface area (Å²) in [7, 11) is 3.12. The first kappa shape index (κ1) is 19.9. The van der Waals surface area contributed by atoms with E-state index in [9.17, 15) is 4.79 Å². The average molecular weight is 433 g/mol. The van der Waals surface area contributed by atoms with Crippen LogP contribution in [0.15, 0.2) is 36.4 Å². The lowest BCUT2D eigenvalue weighted by Crippen LogP contribution is -2.37. The number of hydrogen-bond acceptors (Lipinski definition) is 6. The molecule has 4 rings (SSSR count). The zero-order valence-corrected chi connectivity index (χ0v) is 17.8. The monoisotopic (exact) mass is 432 g/mol.